The van der Waals surface area contributed by atoms with E-state index in [1.165, 1.54) is 16.9 Å². The lowest BCUT2D eigenvalue weighted by Gasteiger charge is -2.14. The van der Waals surface area contributed by atoms with Crippen LogP contribution in [-0.2, 0) is 0 Å². The summed E-state index contributed by atoms with van der Waals surface area (Å²) in [5.41, 5.74) is 11.8. The van der Waals surface area contributed by atoms with E-state index in [9.17, 15) is 0 Å². The number of nitrogens with two attached hydrogens (primary N) is 1. The summed E-state index contributed by atoms with van der Waals surface area (Å²) in [7, 11) is 0. The van der Waals surface area contributed by atoms with Crippen LogP contribution >= 0.6 is 0 Å². The Kier molecular flexibility index (Phi) is 2.03. The monoisotopic (exact) mass is 247 g/mol. The minimum absolute atomic E-state index is 0.180. The minimum atomic E-state index is 0.180. The Morgan fingerprint density at radius 2 is 1.68 bits per heavy atom. The van der Waals surface area contributed by atoms with Gasteiger partial charge in [-0.05, 0) is 23.3 Å². The van der Waals surface area contributed by atoms with Crippen LogP contribution in [0.3, 0.4) is 0 Å². The second kappa shape index (κ2) is 3.72. The Hall–Kier alpha value is -2.55. The molecule has 1 unspecified atom stereocenters. The first-order valence-electron chi connectivity index (χ1n) is 6.32. The molecule has 0 fully saturated rings. The summed E-state index contributed by atoms with van der Waals surface area (Å²) in [4.78, 5) is 4.27. The molecule has 0 aliphatic carbocycles. The van der Waals surface area contributed by atoms with Crippen molar-refractivity contribution in [3.05, 3.63) is 77.9 Å². The van der Waals surface area contributed by atoms with E-state index in [0.29, 0.717) is 0 Å². The number of hydrogen-bond donors (Lipinski definition) is 1. The van der Waals surface area contributed by atoms with Gasteiger partial charge in [-0.25, -0.2) is 4.98 Å². The molecule has 1 atom stereocenters. The zero-order valence-electron chi connectivity index (χ0n) is 10.3. The quantitative estimate of drug-likeness (QED) is 0.525. The third-order valence-corrected chi connectivity index (χ3v) is 3.78. The normalized spacial score (nSPS) is 16.1. The van der Waals surface area contributed by atoms with Crippen molar-refractivity contribution >= 4 is 5.69 Å². The van der Waals surface area contributed by atoms with Crippen LogP contribution in [0.25, 0.3) is 5.69 Å². The van der Waals surface area contributed by atoms with Crippen molar-refractivity contribution in [2.75, 3.05) is 5.73 Å². The highest BCUT2D eigenvalue weighted by Gasteiger charge is 2.30. The van der Waals surface area contributed by atoms with Gasteiger partial charge in [-0.1, -0.05) is 36.4 Å². The number of para-hydroxylation sites is 2. The minimum Gasteiger partial charge on any atom is -0.398 e. The third-order valence-electron chi connectivity index (χ3n) is 3.78. The zero-order chi connectivity index (χ0) is 12.8. The molecule has 0 saturated carbocycles. The predicted octanol–water partition coefficient (Wildman–Crippen LogP) is 2.95. The third kappa shape index (κ3) is 1.35. The Balaban J connectivity index is 2.02. The van der Waals surface area contributed by atoms with Crippen molar-refractivity contribution in [1.29, 1.82) is 0 Å². The summed E-state index contributed by atoms with van der Waals surface area (Å²) < 4.78 is 2.15. The van der Waals surface area contributed by atoms with Crippen LogP contribution in [0.2, 0.25) is 0 Å². The smallest absolute Gasteiger partial charge is 0.0994 e. The Bertz CT molecular complexity index is 758. The van der Waals surface area contributed by atoms with Gasteiger partial charge in [0.1, 0.15) is 0 Å². The van der Waals surface area contributed by atoms with E-state index >= 15 is 0 Å². The van der Waals surface area contributed by atoms with Crippen LogP contribution in [0.4, 0.5) is 5.69 Å². The summed E-state index contributed by atoms with van der Waals surface area (Å²) in [6, 6.07) is 16.5. The summed E-state index contributed by atoms with van der Waals surface area (Å²) in [6.07, 6.45) is 3.80. The van der Waals surface area contributed by atoms with Crippen LogP contribution in [0.5, 0.6) is 0 Å². The molecule has 19 heavy (non-hydrogen) atoms. The summed E-state index contributed by atoms with van der Waals surface area (Å²) >= 11 is 0. The van der Waals surface area contributed by atoms with Crippen LogP contribution in [0.15, 0.2) is 61.1 Å². The van der Waals surface area contributed by atoms with Gasteiger partial charge in [0.15, 0.2) is 0 Å². The molecule has 1 aliphatic rings. The first kappa shape index (κ1) is 10.4. The fraction of sp³-hybridized carbons (Fsp3) is 0.0625. The van der Waals surface area contributed by atoms with Crippen molar-refractivity contribution in [3.8, 4) is 5.69 Å². The van der Waals surface area contributed by atoms with Crippen LogP contribution in [-0.4, -0.2) is 9.55 Å². The number of fused-ring (bicyclic) bond motifs is 3. The molecule has 0 amide bonds. The molecule has 0 spiro atoms. The molecule has 4 rings (SSSR count). The molecule has 1 aliphatic heterocycles. The van der Waals surface area contributed by atoms with Gasteiger partial charge in [-0.2, -0.15) is 0 Å². The van der Waals surface area contributed by atoms with Gasteiger partial charge in [0.2, 0.25) is 0 Å². The lowest BCUT2D eigenvalue weighted by molar-refractivity contribution is 0.956. The zero-order valence-corrected chi connectivity index (χ0v) is 10.3. The molecule has 3 aromatic rings. The maximum atomic E-state index is 6.15. The van der Waals surface area contributed by atoms with Crippen molar-refractivity contribution in [2.24, 2.45) is 0 Å². The Morgan fingerprint density at radius 1 is 0.947 bits per heavy atom. The number of aromatic nitrogens is 2. The van der Waals surface area contributed by atoms with Gasteiger partial charge >= 0.3 is 0 Å². The molecule has 92 valence electrons. The van der Waals surface area contributed by atoms with Crippen molar-refractivity contribution < 1.29 is 0 Å². The maximum Gasteiger partial charge on any atom is 0.0994 e. The molecule has 2 heterocycles. The largest absolute Gasteiger partial charge is 0.398 e. The number of rotatable bonds is 1. The standard InChI is InChI=1S/C16H13N3/c17-13-7-3-1-5-11(13)16-12-6-2-4-8-14(12)19-10-18-9-15(16)19/h1-10,16H,17H2. The second-order valence-corrected chi connectivity index (χ2v) is 4.81. The molecule has 2 aromatic carbocycles. The molecular formula is C16H13N3. The molecule has 0 bridgehead atoms. The highest BCUT2D eigenvalue weighted by Crippen LogP contribution is 2.43. The lowest BCUT2D eigenvalue weighted by Crippen LogP contribution is -2.03. The Morgan fingerprint density at radius 3 is 2.53 bits per heavy atom. The first-order chi connectivity index (χ1) is 9.36. The van der Waals surface area contributed by atoms with Gasteiger partial charge in [-0.15, -0.1) is 0 Å². The number of hydrogen-bond acceptors (Lipinski definition) is 2. The SMILES string of the molecule is Nc1ccccc1C1c2ccccc2-n2cncc21. The highest BCUT2D eigenvalue weighted by molar-refractivity contribution is 5.62. The molecule has 0 radical (unpaired) electrons. The summed E-state index contributed by atoms with van der Waals surface area (Å²) in [5, 5.41) is 0. The summed E-state index contributed by atoms with van der Waals surface area (Å²) in [6.45, 7) is 0. The number of benzene rings is 2. The van der Waals surface area contributed by atoms with Gasteiger partial charge in [-0.3, -0.25) is 0 Å². The highest BCUT2D eigenvalue weighted by atomic mass is 15.1. The van der Waals surface area contributed by atoms with E-state index in [2.05, 4.69) is 39.9 Å². The Labute approximate surface area is 111 Å². The van der Waals surface area contributed by atoms with Gasteiger partial charge in [0.25, 0.3) is 0 Å². The molecule has 3 heteroatoms. The number of nitrogens with zero attached hydrogens (tertiary/aromatic N) is 2. The number of imidazole rings is 1. The second-order valence-electron chi connectivity index (χ2n) is 4.81. The van der Waals surface area contributed by atoms with E-state index in [1.807, 2.05) is 30.7 Å². The van der Waals surface area contributed by atoms with Crippen LogP contribution < -0.4 is 5.73 Å². The van der Waals surface area contributed by atoms with E-state index in [-0.39, 0.29) is 5.92 Å². The maximum absolute atomic E-state index is 6.15. The molecule has 2 N–H and O–H groups in total. The van der Waals surface area contributed by atoms with E-state index < -0.39 is 0 Å². The topological polar surface area (TPSA) is 43.8 Å². The van der Waals surface area contributed by atoms with E-state index in [0.717, 1.165) is 11.3 Å². The van der Waals surface area contributed by atoms with Gasteiger partial charge in [0.05, 0.1) is 23.6 Å². The molecule has 0 saturated heterocycles. The van der Waals surface area contributed by atoms with E-state index in [4.69, 9.17) is 5.73 Å². The van der Waals surface area contributed by atoms with Gasteiger partial charge in [0, 0.05) is 11.9 Å². The fourth-order valence-electron chi connectivity index (χ4n) is 2.93. The van der Waals surface area contributed by atoms with Crippen molar-refractivity contribution in [3.63, 3.8) is 0 Å². The molecular weight excluding hydrogens is 234 g/mol. The molecule has 1 aromatic heterocycles. The first-order valence-corrected chi connectivity index (χ1v) is 6.32. The number of nitrogen functional groups attached to an aromatic ring is 1. The number of anilines is 1. The average molecular weight is 247 g/mol. The molecule has 3 nitrogen and oxygen atoms in total. The summed E-state index contributed by atoms with van der Waals surface area (Å²) in [5.74, 6) is 0.180. The van der Waals surface area contributed by atoms with E-state index in [1.54, 1.807) is 0 Å². The van der Waals surface area contributed by atoms with Gasteiger partial charge < -0.3 is 10.3 Å². The van der Waals surface area contributed by atoms with Crippen LogP contribution in [0, 0.1) is 0 Å². The van der Waals surface area contributed by atoms with Crippen molar-refractivity contribution in [2.45, 2.75) is 5.92 Å². The predicted molar refractivity (Wildman–Crippen MR) is 75.4 cm³/mol. The lowest BCUT2D eigenvalue weighted by atomic mass is 9.89. The van der Waals surface area contributed by atoms with Crippen LogP contribution in [0.1, 0.15) is 22.7 Å². The fourth-order valence-corrected chi connectivity index (χ4v) is 2.93. The van der Waals surface area contributed by atoms with Crippen molar-refractivity contribution in [1.82, 2.24) is 9.55 Å². The average Bonchev–Trinajstić information content (AvgIpc) is 3.00.